The first-order chi connectivity index (χ1) is 30.4. The Balaban J connectivity index is 1.12. The predicted molar refractivity (Wildman–Crippen MR) is 220 cm³/mol. The van der Waals surface area contributed by atoms with Crippen LogP contribution in [-0.2, 0) is 32.0 Å². The molecule has 1 saturated heterocycles. The summed E-state index contributed by atoms with van der Waals surface area (Å²) in [5.74, 6) is 5.66. The van der Waals surface area contributed by atoms with E-state index in [1.165, 1.54) is 0 Å². The fourth-order valence-corrected chi connectivity index (χ4v) is 10.1. The van der Waals surface area contributed by atoms with Crippen LogP contribution in [0.2, 0.25) is 0 Å². The molecule has 3 aromatic rings. The second kappa shape index (κ2) is 16.0. The lowest BCUT2D eigenvalue weighted by Crippen LogP contribution is -3.05. The minimum atomic E-state index is -2.21. The van der Waals surface area contributed by atoms with E-state index in [4.69, 9.17) is 44.6 Å². The van der Waals surface area contributed by atoms with Crippen molar-refractivity contribution in [2.45, 2.75) is 98.7 Å². The van der Waals surface area contributed by atoms with Gasteiger partial charge >= 0.3 is 11.9 Å². The first-order valence-electron chi connectivity index (χ1n) is 21.0. The molecule has 0 saturated carbocycles. The fourth-order valence-electron chi connectivity index (χ4n) is 10.1. The third-order valence-electron chi connectivity index (χ3n) is 13.0. The van der Waals surface area contributed by atoms with Crippen LogP contribution < -0.4 is 40.1 Å². The Labute approximate surface area is 361 Å². The van der Waals surface area contributed by atoms with Gasteiger partial charge in [-0.15, -0.1) is 0 Å². The van der Waals surface area contributed by atoms with Gasteiger partial charge in [-0.2, -0.15) is 0 Å². The molecule has 7 heterocycles. The molecule has 4 bridgehead atoms. The van der Waals surface area contributed by atoms with E-state index in [0.717, 1.165) is 38.4 Å². The highest BCUT2D eigenvalue weighted by atomic mass is 16.7. The van der Waals surface area contributed by atoms with Gasteiger partial charge in [0.2, 0.25) is 12.0 Å². The van der Waals surface area contributed by atoms with E-state index in [0.29, 0.717) is 54.7 Å². The monoisotopic (exact) mass is 863 g/mol. The number of nitrogens with one attached hydrogen (secondary N) is 1. The van der Waals surface area contributed by atoms with Crippen LogP contribution in [0.15, 0.2) is 77.1 Å². The van der Waals surface area contributed by atoms with Crippen LogP contribution >= 0.6 is 0 Å². The lowest BCUT2D eigenvalue weighted by molar-refractivity contribution is -0.851. The topological polar surface area (TPSA) is 249 Å². The van der Waals surface area contributed by atoms with Gasteiger partial charge in [-0.3, -0.25) is 19.5 Å². The number of nitrogens with two attached hydrogens (primary N) is 2. The van der Waals surface area contributed by atoms with Crippen LogP contribution in [-0.4, -0.2) is 107 Å². The second-order valence-corrected chi connectivity index (χ2v) is 16.8. The summed E-state index contributed by atoms with van der Waals surface area (Å²) in [6, 6.07) is 15.6. The molecule has 17 heteroatoms. The van der Waals surface area contributed by atoms with Gasteiger partial charge in [-0.1, -0.05) is 48.2 Å². The molecule has 7 aliphatic heterocycles. The number of methoxy groups -OCH3 is 1. The maximum atomic E-state index is 12.5. The van der Waals surface area contributed by atoms with Crippen molar-refractivity contribution < 1.29 is 68.1 Å². The summed E-state index contributed by atoms with van der Waals surface area (Å²) in [5.41, 5.74) is 15.9. The van der Waals surface area contributed by atoms with Crippen LogP contribution in [0, 0.1) is 11.8 Å². The summed E-state index contributed by atoms with van der Waals surface area (Å²) in [6.45, 7) is 1.37. The van der Waals surface area contributed by atoms with Crippen molar-refractivity contribution in [3.63, 3.8) is 0 Å². The average Bonchev–Trinajstić information content (AvgIpc) is 3.95. The summed E-state index contributed by atoms with van der Waals surface area (Å²) in [5, 5.41) is 44.6. The molecule has 3 aromatic carbocycles. The number of ether oxygens (including phenoxy) is 7. The number of rotatable bonds is 9. The zero-order valence-electron chi connectivity index (χ0n) is 34.1. The number of hydrogen-bond donors (Lipinski definition) is 7. The molecular weight excluding hydrogens is 817 g/mol. The number of carboxylic acid groups (broad SMARTS) is 1. The number of aliphatic hydroxyl groups excluding tert-OH is 2. The van der Waals surface area contributed by atoms with Crippen LogP contribution in [0.3, 0.4) is 0 Å². The van der Waals surface area contributed by atoms with Gasteiger partial charge in [0.15, 0.2) is 23.2 Å². The number of hydrogen-bond acceptors (Lipinski definition) is 15. The van der Waals surface area contributed by atoms with E-state index >= 15 is 0 Å². The normalized spacial score (nSPS) is 30.9. The molecule has 1 fully saturated rings. The lowest BCUT2D eigenvalue weighted by Gasteiger charge is -2.48. The zero-order valence-corrected chi connectivity index (χ0v) is 34.1. The molecule has 7 aliphatic rings. The average molecular weight is 864 g/mol. The van der Waals surface area contributed by atoms with Crippen molar-refractivity contribution in [1.82, 2.24) is 0 Å². The maximum absolute atomic E-state index is 12.5. The van der Waals surface area contributed by atoms with E-state index in [-0.39, 0.29) is 24.5 Å². The standard InChI is InChI=1S/C46H46N4O13/c1-57-29-11-10-26-35-37-24(22-7-3-2-4-8-22)9-5-6-16-58-39(29)38(26)62-40(35)34-27(20-50-19-23-13-15-49-28(23)21-50)25-12-14-46(56)43(55)36(54)41(42(44(47)48)61-33(53)18-32(51)52)63-45(46)60-30(25)17-31(34)59-37/h2-4,7-8,10-11,13,15,17,21,24,35-37,40-45,54-56H,6,12,14,16,18-20,47-48H2,1H3,(H,51,52)/p+1/t24-,35+,36+,37+,40-,41-,42-,43-,45+,46+/m0/s1. The highest BCUT2D eigenvalue weighted by Gasteiger charge is 2.60. The fraction of sp³-hybridized carbons (Fsp3) is 0.413. The van der Waals surface area contributed by atoms with Gasteiger partial charge in [-0.25, -0.2) is 0 Å². The SMILES string of the molecule is COc1ccc2c3c1OCCC#C[C@@H](c1ccccc1)[C@H]1Oc4cc5c(c(C[NH+]6C=C7N=CC=C7C6)c4[C@H](O3)[C@H]21)CC[C@]1(O)[C@H](O5)O[C@H]([C@H](OC(=O)CC(=O)O)C(N)N)[C@@H](O)[C@@H]1O. The first kappa shape index (κ1) is 41.1. The maximum Gasteiger partial charge on any atom is 0.317 e. The second-order valence-electron chi connectivity index (χ2n) is 16.8. The molecular formula is C46H47N4O13+. The number of allylic oxidation sites excluding steroid dienone is 1. The highest BCUT2D eigenvalue weighted by molar-refractivity contribution is 5.90. The van der Waals surface area contributed by atoms with E-state index in [1.807, 2.05) is 48.5 Å². The number of carboxylic acids is 1. The number of aliphatic imine (C=N–C) groups is 1. The largest absolute Gasteiger partial charge is 0.493 e. The minimum Gasteiger partial charge on any atom is -0.493 e. The molecule has 11 atom stereocenters. The first-order valence-corrected chi connectivity index (χ1v) is 21.0. The van der Waals surface area contributed by atoms with E-state index in [9.17, 15) is 30.0 Å². The summed E-state index contributed by atoms with van der Waals surface area (Å²) < 4.78 is 44.7. The molecule has 0 aliphatic carbocycles. The quantitative estimate of drug-likeness (QED) is 0.0675. The molecule has 1 unspecified atom stereocenters. The number of aliphatic hydroxyl groups is 3. The van der Waals surface area contributed by atoms with Crippen molar-refractivity contribution in [1.29, 1.82) is 0 Å². The van der Waals surface area contributed by atoms with Crippen molar-refractivity contribution in [2.75, 3.05) is 20.3 Å². The van der Waals surface area contributed by atoms with Crippen molar-refractivity contribution in [3.8, 4) is 40.6 Å². The van der Waals surface area contributed by atoms with Gasteiger partial charge in [0.25, 0.3) is 0 Å². The van der Waals surface area contributed by atoms with Gasteiger partial charge in [-0.05, 0) is 30.5 Å². The van der Waals surface area contributed by atoms with E-state index in [2.05, 4.69) is 23.0 Å². The van der Waals surface area contributed by atoms with Crippen LogP contribution in [0.5, 0.6) is 28.7 Å². The molecule has 17 nitrogen and oxygen atoms in total. The lowest BCUT2D eigenvalue weighted by atomic mass is 9.75. The highest BCUT2D eigenvalue weighted by Crippen LogP contribution is 2.61. The summed E-state index contributed by atoms with van der Waals surface area (Å²) in [7, 11) is 1.58. The zero-order chi connectivity index (χ0) is 43.7. The summed E-state index contributed by atoms with van der Waals surface area (Å²) >= 11 is 0. The van der Waals surface area contributed by atoms with E-state index < -0.39 is 79.0 Å². The molecule has 0 radical (unpaired) electrons. The van der Waals surface area contributed by atoms with Crippen LogP contribution in [0.1, 0.15) is 65.0 Å². The number of aliphatic carboxylic acids is 1. The number of carbonyl (C=O) groups is 2. The van der Waals surface area contributed by atoms with Crippen LogP contribution in [0.25, 0.3) is 0 Å². The van der Waals surface area contributed by atoms with E-state index in [1.54, 1.807) is 19.4 Å². The van der Waals surface area contributed by atoms with Crippen LogP contribution in [0.4, 0.5) is 0 Å². The number of esters is 1. The van der Waals surface area contributed by atoms with Crippen molar-refractivity contribution in [2.24, 2.45) is 16.5 Å². The third-order valence-corrected chi connectivity index (χ3v) is 13.0. The molecule has 10 rings (SSSR count). The Morgan fingerprint density at radius 1 is 1.08 bits per heavy atom. The van der Waals surface area contributed by atoms with Gasteiger partial charge in [0.05, 0.1) is 31.7 Å². The number of quaternary nitrogens is 1. The molecule has 9 N–H and O–H groups in total. The Morgan fingerprint density at radius 2 is 1.90 bits per heavy atom. The van der Waals surface area contributed by atoms with Gasteiger partial charge in [0, 0.05) is 46.5 Å². The Hall–Kier alpha value is -5.97. The number of benzene rings is 3. The Morgan fingerprint density at radius 3 is 2.67 bits per heavy atom. The van der Waals surface area contributed by atoms with Gasteiger partial charge in [0.1, 0.15) is 73.4 Å². The number of carbonyl (C=O) groups excluding carboxylic acids is 1. The third kappa shape index (κ3) is 6.98. The molecule has 0 amide bonds. The molecule has 328 valence electrons. The van der Waals surface area contributed by atoms with Gasteiger partial charge < -0.3 is 65.1 Å². The molecule has 0 spiro atoms. The summed E-state index contributed by atoms with van der Waals surface area (Å²) in [4.78, 5) is 29.4. The number of fused-ring (bicyclic) bond motifs is 5. The van der Waals surface area contributed by atoms with Crippen molar-refractivity contribution in [3.05, 3.63) is 99.9 Å². The summed E-state index contributed by atoms with van der Waals surface area (Å²) in [6.07, 6.45) is -6.19. The minimum absolute atomic E-state index is 0.148. The Kier molecular flexibility index (Phi) is 10.4. The molecule has 0 aromatic heterocycles. The number of nitrogens with zero attached hydrogens (tertiary/aromatic N) is 1. The predicted octanol–water partition coefficient (Wildman–Crippen LogP) is 0.627. The smallest absolute Gasteiger partial charge is 0.317 e. The van der Waals surface area contributed by atoms with Crippen molar-refractivity contribution >= 4 is 18.2 Å². The molecule has 63 heavy (non-hydrogen) atoms. The Bertz CT molecular complexity index is 2520.